The molecule has 2 nitrogen and oxygen atoms in total. The number of nitrogens with one attached hydrogen (secondary N) is 1. The molecule has 0 amide bonds. The maximum absolute atomic E-state index is 3.36. The van der Waals surface area contributed by atoms with Crippen LogP contribution in [-0.2, 0) is 0 Å². The topological polar surface area (TPSA) is 15.3 Å². The summed E-state index contributed by atoms with van der Waals surface area (Å²) in [6.07, 6.45) is 7.07. The molecule has 1 aliphatic heterocycles. The summed E-state index contributed by atoms with van der Waals surface area (Å²) in [5.74, 6) is 1.78. The number of likely N-dealkylation sites (tertiary alicyclic amines) is 1. The normalized spacial score (nSPS) is 37.7. The zero-order valence-electron chi connectivity index (χ0n) is 12.8. The molecular formula is C16H32N2. The molecule has 1 saturated heterocycles. The number of hydrogen-bond acceptors (Lipinski definition) is 2. The van der Waals surface area contributed by atoms with Gasteiger partial charge in [0.05, 0.1) is 0 Å². The Balaban J connectivity index is 1.93. The van der Waals surface area contributed by atoms with Gasteiger partial charge in [-0.1, -0.05) is 20.8 Å². The first-order valence-electron chi connectivity index (χ1n) is 7.89. The van der Waals surface area contributed by atoms with Gasteiger partial charge < -0.3 is 10.2 Å². The molecule has 0 spiro atoms. The van der Waals surface area contributed by atoms with Crippen molar-refractivity contribution in [2.45, 2.75) is 58.9 Å². The minimum absolute atomic E-state index is 0.554. The van der Waals surface area contributed by atoms with Crippen LogP contribution in [0.25, 0.3) is 0 Å². The van der Waals surface area contributed by atoms with Crippen LogP contribution in [0.4, 0.5) is 0 Å². The van der Waals surface area contributed by atoms with Crippen molar-refractivity contribution in [2.75, 3.05) is 26.7 Å². The van der Waals surface area contributed by atoms with Gasteiger partial charge in [-0.15, -0.1) is 0 Å². The van der Waals surface area contributed by atoms with E-state index in [9.17, 15) is 0 Å². The van der Waals surface area contributed by atoms with E-state index in [1.807, 2.05) is 0 Å². The average molecular weight is 252 g/mol. The fourth-order valence-corrected chi connectivity index (χ4v) is 4.46. The molecule has 2 rings (SSSR count). The van der Waals surface area contributed by atoms with E-state index in [1.54, 1.807) is 0 Å². The highest BCUT2D eigenvalue weighted by Gasteiger charge is 2.36. The van der Waals surface area contributed by atoms with Gasteiger partial charge in [0.15, 0.2) is 0 Å². The number of hydrogen-bond donors (Lipinski definition) is 1. The lowest BCUT2D eigenvalue weighted by Gasteiger charge is -2.46. The van der Waals surface area contributed by atoms with E-state index in [1.165, 1.54) is 51.7 Å². The summed E-state index contributed by atoms with van der Waals surface area (Å²) in [7, 11) is 2.09. The van der Waals surface area contributed by atoms with Gasteiger partial charge in [-0.25, -0.2) is 0 Å². The van der Waals surface area contributed by atoms with Gasteiger partial charge >= 0.3 is 0 Å². The van der Waals surface area contributed by atoms with Crippen molar-refractivity contribution in [3.63, 3.8) is 0 Å². The largest absolute Gasteiger partial charge is 0.319 e. The number of rotatable bonds is 3. The summed E-state index contributed by atoms with van der Waals surface area (Å²) in [6, 6.07) is 0.850. The molecule has 0 aromatic heterocycles. The lowest BCUT2D eigenvalue weighted by atomic mass is 9.70. The fraction of sp³-hybridized carbons (Fsp3) is 1.00. The molecule has 1 aliphatic carbocycles. The van der Waals surface area contributed by atoms with E-state index in [-0.39, 0.29) is 0 Å². The minimum atomic E-state index is 0.554. The molecule has 0 aromatic rings. The van der Waals surface area contributed by atoms with Crippen molar-refractivity contribution in [3.8, 4) is 0 Å². The Kier molecular flexibility index (Phi) is 4.71. The minimum Gasteiger partial charge on any atom is -0.319 e. The predicted octanol–water partition coefficient (Wildman–Crippen LogP) is 3.13. The maximum Gasteiger partial charge on any atom is 0.0103 e. The second-order valence-electron chi connectivity index (χ2n) is 7.63. The van der Waals surface area contributed by atoms with Crippen molar-refractivity contribution in [2.24, 2.45) is 17.3 Å². The van der Waals surface area contributed by atoms with Crippen molar-refractivity contribution in [3.05, 3.63) is 0 Å². The Bertz CT molecular complexity index is 260. The van der Waals surface area contributed by atoms with E-state index >= 15 is 0 Å². The van der Waals surface area contributed by atoms with Crippen LogP contribution in [-0.4, -0.2) is 37.6 Å². The second-order valence-corrected chi connectivity index (χ2v) is 7.63. The van der Waals surface area contributed by atoms with Gasteiger partial charge in [0.25, 0.3) is 0 Å². The van der Waals surface area contributed by atoms with Gasteiger partial charge in [-0.05, 0) is 69.5 Å². The molecule has 2 heteroatoms. The Labute approximate surface area is 114 Å². The van der Waals surface area contributed by atoms with Crippen molar-refractivity contribution < 1.29 is 0 Å². The third-order valence-corrected chi connectivity index (χ3v) is 4.92. The molecule has 2 fully saturated rings. The van der Waals surface area contributed by atoms with Gasteiger partial charge in [-0.2, -0.15) is 0 Å². The SMILES string of the molecule is CNCC1CCCN(C2CC(C)CC(C)(C)C2)C1. The second kappa shape index (κ2) is 5.92. The van der Waals surface area contributed by atoms with Crippen molar-refractivity contribution >= 4 is 0 Å². The molecule has 0 bridgehead atoms. The summed E-state index contributed by atoms with van der Waals surface area (Å²) >= 11 is 0. The molecule has 3 unspecified atom stereocenters. The zero-order valence-corrected chi connectivity index (χ0v) is 12.8. The van der Waals surface area contributed by atoms with E-state index < -0.39 is 0 Å². The Morgan fingerprint density at radius 1 is 1.28 bits per heavy atom. The van der Waals surface area contributed by atoms with Crippen LogP contribution in [0, 0.1) is 17.3 Å². The van der Waals surface area contributed by atoms with Crippen LogP contribution in [0.5, 0.6) is 0 Å². The third-order valence-electron chi connectivity index (χ3n) is 4.92. The Hall–Kier alpha value is -0.0800. The first kappa shape index (κ1) is 14.3. The first-order valence-corrected chi connectivity index (χ1v) is 7.89. The maximum atomic E-state index is 3.36. The quantitative estimate of drug-likeness (QED) is 0.830. The molecule has 18 heavy (non-hydrogen) atoms. The van der Waals surface area contributed by atoms with E-state index in [2.05, 4.69) is 38.0 Å². The monoisotopic (exact) mass is 252 g/mol. The number of piperidine rings is 1. The molecule has 1 heterocycles. The highest BCUT2D eigenvalue weighted by atomic mass is 15.2. The standard InChI is InChI=1S/C16H32N2/c1-13-8-15(10-16(2,3)9-13)18-7-5-6-14(12-18)11-17-4/h13-15,17H,5-12H2,1-4H3. The first-order chi connectivity index (χ1) is 8.50. The van der Waals surface area contributed by atoms with Gasteiger partial charge in [0, 0.05) is 12.6 Å². The molecular weight excluding hydrogens is 220 g/mol. The molecule has 0 aromatic carbocycles. The van der Waals surface area contributed by atoms with E-state index in [0.717, 1.165) is 17.9 Å². The molecule has 0 radical (unpaired) electrons. The summed E-state index contributed by atoms with van der Waals surface area (Å²) in [6.45, 7) is 11.2. The zero-order chi connectivity index (χ0) is 13.2. The highest BCUT2D eigenvalue weighted by molar-refractivity contribution is 4.90. The van der Waals surface area contributed by atoms with E-state index in [0.29, 0.717) is 5.41 Å². The summed E-state index contributed by atoms with van der Waals surface area (Å²) in [5.41, 5.74) is 0.554. The average Bonchev–Trinajstić information content (AvgIpc) is 2.27. The van der Waals surface area contributed by atoms with Crippen LogP contribution in [0.2, 0.25) is 0 Å². The molecule has 1 N–H and O–H groups in total. The van der Waals surface area contributed by atoms with Crippen LogP contribution in [0.3, 0.4) is 0 Å². The van der Waals surface area contributed by atoms with Crippen molar-refractivity contribution in [1.29, 1.82) is 0 Å². The van der Waals surface area contributed by atoms with Crippen molar-refractivity contribution in [1.82, 2.24) is 10.2 Å². The predicted molar refractivity (Wildman–Crippen MR) is 78.8 cm³/mol. The van der Waals surface area contributed by atoms with Crippen LogP contribution < -0.4 is 5.32 Å². The fourth-order valence-electron chi connectivity index (χ4n) is 4.46. The van der Waals surface area contributed by atoms with E-state index in [4.69, 9.17) is 0 Å². The summed E-state index contributed by atoms with van der Waals surface area (Å²) in [4.78, 5) is 2.81. The Morgan fingerprint density at radius 3 is 2.72 bits per heavy atom. The third kappa shape index (κ3) is 3.71. The molecule has 106 valence electrons. The summed E-state index contributed by atoms with van der Waals surface area (Å²) < 4.78 is 0. The van der Waals surface area contributed by atoms with Crippen LogP contribution >= 0.6 is 0 Å². The lowest BCUT2D eigenvalue weighted by molar-refractivity contribution is 0.0396. The number of nitrogens with zero attached hydrogens (tertiary/aromatic N) is 1. The van der Waals surface area contributed by atoms with Crippen LogP contribution in [0.15, 0.2) is 0 Å². The van der Waals surface area contributed by atoms with Gasteiger partial charge in [0.1, 0.15) is 0 Å². The molecule has 3 atom stereocenters. The molecule has 1 saturated carbocycles. The van der Waals surface area contributed by atoms with Gasteiger partial charge in [0.2, 0.25) is 0 Å². The smallest absolute Gasteiger partial charge is 0.0103 e. The molecule has 2 aliphatic rings. The lowest BCUT2D eigenvalue weighted by Crippen LogP contribution is -2.48. The Morgan fingerprint density at radius 2 is 2.06 bits per heavy atom. The van der Waals surface area contributed by atoms with Gasteiger partial charge in [-0.3, -0.25) is 0 Å². The summed E-state index contributed by atoms with van der Waals surface area (Å²) in [5, 5.41) is 3.36. The van der Waals surface area contributed by atoms with Crippen LogP contribution in [0.1, 0.15) is 52.9 Å². The highest BCUT2D eigenvalue weighted by Crippen LogP contribution is 2.41.